The summed E-state index contributed by atoms with van der Waals surface area (Å²) < 4.78 is 35.6. The van der Waals surface area contributed by atoms with Crippen LogP contribution in [0.3, 0.4) is 0 Å². The minimum absolute atomic E-state index is 0.156. The summed E-state index contributed by atoms with van der Waals surface area (Å²) in [6.45, 7) is 0.156. The number of benzene rings is 2. The minimum Gasteiger partial charge on any atom is -0.478 e. The molecule has 0 amide bonds. The van der Waals surface area contributed by atoms with Crippen molar-refractivity contribution in [2.24, 2.45) is 0 Å². The number of para-hydroxylation sites is 1. The van der Waals surface area contributed by atoms with Gasteiger partial charge in [-0.05, 0) is 23.9 Å². The lowest BCUT2D eigenvalue weighted by molar-refractivity contribution is 0.304. The molecule has 2 aromatic heterocycles. The van der Waals surface area contributed by atoms with Crippen LogP contribution in [0.1, 0.15) is 6.42 Å². The van der Waals surface area contributed by atoms with Crippen molar-refractivity contribution in [1.29, 1.82) is 0 Å². The standard InChI is InChI=1S/C21H18N2O4S/c24-28(25,26)13-5-12-27-20-11-10-15(14-22-20)21-18-8-2-1-6-16(18)17-7-3-4-9-19(17)23-21/h1-4,6-11,14H,5,12-13H2,(H,24,25,26). The second-order valence-corrected chi connectivity index (χ2v) is 7.97. The van der Waals surface area contributed by atoms with E-state index in [0.717, 1.165) is 32.9 Å². The quantitative estimate of drug-likeness (QED) is 0.301. The second-order valence-electron chi connectivity index (χ2n) is 6.40. The van der Waals surface area contributed by atoms with E-state index in [1.165, 1.54) is 0 Å². The van der Waals surface area contributed by atoms with Crippen LogP contribution in [-0.2, 0) is 10.1 Å². The lowest BCUT2D eigenvalue weighted by atomic mass is 10.0. The molecule has 0 aliphatic heterocycles. The monoisotopic (exact) mass is 394 g/mol. The van der Waals surface area contributed by atoms with Gasteiger partial charge in [0.25, 0.3) is 10.1 Å². The van der Waals surface area contributed by atoms with E-state index in [9.17, 15) is 8.42 Å². The number of nitrogens with zero attached hydrogens (tertiary/aromatic N) is 2. The summed E-state index contributed by atoms with van der Waals surface area (Å²) in [6.07, 6.45) is 1.89. The van der Waals surface area contributed by atoms with Crippen molar-refractivity contribution in [1.82, 2.24) is 9.97 Å². The zero-order valence-corrected chi connectivity index (χ0v) is 15.8. The molecular weight excluding hydrogens is 376 g/mol. The molecular formula is C21H18N2O4S. The maximum Gasteiger partial charge on any atom is 0.264 e. The van der Waals surface area contributed by atoms with Crippen LogP contribution in [0.15, 0.2) is 66.9 Å². The molecule has 2 aromatic carbocycles. The molecule has 0 saturated carbocycles. The molecule has 4 rings (SSSR count). The van der Waals surface area contributed by atoms with Crippen molar-refractivity contribution in [3.05, 3.63) is 66.9 Å². The Hall–Kier alpha value is -3.03. The SMILES string of the molecule is O=S(=O)(O)CCCOc1ccc(-c2nc3ccccc3c3ccccc23)cn1. The van der Waals surface area contributed by atoms with Crippen LogP contribution < -0.4 is 4.74 Å². The van der Waals surface area contributed by atoms with Crippen LogP contribution in [-0.4, -0.2) is 35.3 Å². The van der Waals surface area contributed by atoms with Crippen LogP contribution in [0, 0.1) is 0 Å². The van der Waals surface area contributed by atoms with Crippen LogP contribution in [0.25, 0.3) is 32.9 Å². The van der Waals surface area contributed by atoms with Gasteiger partial charge in [0.05, 0.1) is 23.6 Å². The topological polar surface area (TPSA) is 89.4 Å². The highest BCUT2D eigenvalue weighted by Gasteiger charge is 2.10. The summed E-state index contributed by atoms with van der Waals surface area (Å²) in [5.74, 6) is 0.0575. The molecule has 0 fully saturated rings. The number of hydrogen-bond donors (Lipinski definition) is 1. The number of pyridine rings is 2. The molecule has 0 unspecified atom stereocenters. The smallest absolute Gasteiger partial charge is 0.264 e. The molecule has 0 atom stereocenters. The molecule has 6 nitrogen and oxygen atoms in total. The first kappa shape index (κ1) is 18.3. The number of aromatic nitrogens is 2. The largest absolute Gasteiger partial charge is 0.478 e. The lowest BCUT2D eigenvalue weighted by Crippen LogP contribution is -2.08. The highest BCUT2D eigenvalue weighted by molar-refractivity contribution is 7.85. The van der Waals surface area contributed by atoms with Gasteiger partial charge in [-0.3, -0.25) is 4.55 Å². The molecule has 4 aromatic rings. The summed E-state index contributed by atoms with van der Waals surface area (Å²) in [5.41, 5.74) is 2.63. The summed E-state index contributed by atoms with van der Waals surface area (Å²) >= 11 is 0. The Labute approximate surface area is 162 Å². The van der Waals surface area contributed by atoms with Crippen LogP contribution in [0.2, 0.25) is 0 Å². The van der Waals surface area contributed by atoms with Crippen LogP contribution in [0.5, 0.6) is 5.88 Å². The van der Waals surface area contributed by atoms with Gasteiger partial charge < -0.3 is 4.74 Å². The summed E-state index contributed by atoms with van der Waals surface area (Å²) in [7, 11) is -3.97. The average molecular weight is 394 g/mol. The van der Waals surface area contributed by atoms with Crippen molar-refractivity contribution in [3.8, 4) is 17.1 Å². The highest BCUT2D eigenvalue weighted by atomic mass is 32.2. The first-order chi connectivity index (χ1) is 13.5. The van der Waals surface area contributed by atoms with E-state index >= 15 is 0 Å². The fraction of sp³-hybridized carbons (Fsp3) is 0.143. The molecule has 0 spiro atoms. The molecule has 0 aliphatic carbocycles. The first-order valence-corrected chi connectivity index (χ1v) is 10.4. The van der Waals surface area contributed by atoms with E-state index in [0.29, 0.717) is 5.88 Å². The maximum absolute atomic E-state index is 10.7. The third-order valence-electron chi connectivity index (χ3n) is 4.42. The predicted octanol–water partition coefficient (Wildman–Crippen LogP) is 4.11. The van der Waals surface area contributed by atoms with Crippen LogP contribution >= 0.6 is 0 Å². The molecule has 2 heterocycles. The van der Waals surface area contributed by atoms with Gasteiger partial charge in [-0.25, -0.2) is 9.97 Å². The van der Waals surface area contributed by atoms with Gasteiger partial charge in [0.2, 0.25) is 5.88 Å². The highest BCUT2D eigenvalue weighted by Crippen LogP contribution is 2.32. The van der Waals surface area contributed by atoms with Gasteiger partial charge in [-0.1, -0.05) is 42.5 Å². The number of hydrogen-bond acceptors (Lipinski definition) is 5. The van der Waals surface area contributed by atoms with E-state index < -0.39 is 10.1 Å². The lowest BCUT2D eigenvalue weighted by Gasteiger charge is -2.10. The zero-order chi connectivity index (χ0) is 19.6. The van der Waals surface area contributed by atoms with Crippen molar-refractivity contribution in [2.45, 2.75) is 6.42 Å². The summed E-state index contributed by atoms with van der Waals surface area (Å²) in [5, 5.41) is 3.28. The average Bonchev–Trinajstić information content (AvgIpc) is 2.70. The Bertz CT molecular complexity index is 1240. The predicted molar refractivity (Wildman–Crippen MR) is 109 cm³/mol. The molecule has 1 N–H and O–H groups in total. The Morgan fingerprint density at radius 1 is 0.893 bits per heavy atom. The van der Waals surface area contributed by atoms with Gasteiger partial charge in [-0.15, -0.1) is 0 Å². The van der Waals surface area contributed by atoms with Gasteiger partial charge in [0.1, 0.15) is 0 Å². The van der Waals surface area contributed by atoms with Crippen molar-refractivity contribution in [2.75, 3.05) is 12.4 Å². The second kappa shape index (κ2) is 7.53. The fourth-order valence-electron chi connectivity index (χ4n) is 3.15. The van der Waals surface area contributed by atoms with E-state index in [1.54, 1.807) is 12.3 Å². The van der Waals surface area contributed by atoms with Gasteiger partial charge in [-0.2, -0.15) is 8.42 Å². The van der Waals surface area contributed by atoms with Gasteiger partial charge in [0.15, 0.2) is 0 Å². The summed E-state index contributed by atoms with van der Waals surface area (Å²) in [4.78, 5) is 9.13. The van der Waals surface area contributed by atoms with E-state index in [1.807, 2.05) is 42.5 Å². The molecule has 0 saturated heterocycles. The molecule has 7 heteroatoms. The number of ether oxygens (including phenoxy) is 1. The Kier molecular flexibility index (Phi) is 4.93. The van der Waals surface area contributed by atoms with Gasteiger partial charge in [0, 0.05) is 28.6 Å². The van der Waals surface area contributed by atoms with E-state index in [-0.39, 0.29) is 18.8 Å². The van der Waals surface area contributed by atoms with Crippen LogP contribution in [0.4, 0.5) is 0 Å². The molecule has 0 bridgehead atoms. The van der Waals surface area contributed by atoms with E-state index in [2.05, 4.69) is 17.1 Å². The maximum atomic E-state index is 10.7. The Balaban J connectivity index is 1.63. The van der Waals surface area contributed by atoms with Gasteiger partial charge >= 0.3 is 0 Å². The fourth-order valence-corrected chi connectivity index (χ4v) is 3.63. The zero-order valence-electron chi connectivity index (χ0n) is 14.9. The normalized spacial score (nSPS) is 11.8. The molecule has 142 valence electrons. The molecule has 0 radical (unpaired) electrons. The molecule has 0 aliphatic rings. The van der Waals surface area contributed by atoms with Crippen molar-refractivity contribution < 1.29 is 17.7 Å². The Morgan fingerprint density at radius 3 is 2.32 bits per heavy atom. The number of fused-ring (bicyclic) bond motifs is 3. The minimum atomic E-state index is -3.97. The first-order valence-electron chi connectivity index (χ1n) is 8.83. The van der Waals surface area contributed by atoms with Crippen molar-refractivity contribution >= 4 is 31.8 Å². The third-order valence-corrected chi connectivity index (χ3v) is 5.22. The molecule has 28 heavy (non-hydrogen) atoms. The van der Waals surface area contributed by atoms with Crippen molar-refractivity contribution in [3.63, 3.8) is 0 Å². The van der Waals surface area contributed by atoms with E-state index in [4.69, 9.17) is 14.3 Å². The Morgan fingerprint density at radius 2 is 1.61 bits per heavy atom. The number of rotatable bonds is 6. The summed E-state index contributed by atoms with van der Waals surface area (Å²) in [6, 6.07) is 19.8. The third kappa shape index (κ3) is 3.95.